The molecule has 0 radical (unpaired) electrons. The number of aliphatic hydroxyl groups is 1. The number of rotatable bonds is 5. The van der Waals surface area contributed by atoms with Crippen molar-refractivity contribution in [2.75, 3.05) is 6.61 Å². The zero-order valence-electron chi connectivity index (χ0n) is 8.86. The predicted octanol–water partition coefficient (Wildman–Crippen LogP) is 0.601. The first-order chi connectivity index (χ1) is 7.22. The van der Waals surface area contributed by atoms with E-state index >= 15 is 0 Å². The molecule has 1 aromatic heterocycles. The lowest BCUT2D eigenvalue weighted by molar-refractivity contribution is 0.0918. The van der Waals surface area contributed by atoms with Crippen molar-refractivity contribution in [1.29, 1.82) is 0 Å². The molecule has 5 nitrogen and oxygen atoms in total. The molecule has 1 aromatic rings. The van der Waals surface area contributed by atoms with Gasteiger partial charge in [0.15, 0.2) is 0 Å². The predicted molar refractivity (Wildman–Crippen MR) is 57.9 cm³/mol. The number of amides is 1. The van der Waals surface area contributed by atoms with Gasteiger partial charge in [-0.15, -0.1) is 5.10 Å². The van der Waals surface area contributed by atoms with Crippen molar-refractivity contribution in [3.63, 3.8) is 0 Å². The highest BCUT2D eigenvalue weighted by Crippen LogP contribution is 2.11. The molecule has 0 fully saturated rings. The Labute approximate surface area is 92.7 Å². The number of carbonyl (C=O) groups excluding carboxylic acids is 1. The first-order valence-electron chi connectivity index (χ1n) is 4.95. The highest BCUT2D eigenvalue weighted by molar-refractivity contribution is 7.08. The fourth-order valence-corrected chi connectivity index (χ4v) is 1.79. The Kier molecular flexibility index (Phi) is 4.64. The van der Waals surface area contributed by atoms with Crippen LogP contribution in [0, 0.1) is 0 Å². The van der Waals surface area contributed by atoms with E-state index in [1.54, 1.807) is 0 Å². The van der Waals surface area contributed by atoms with Gasteiger partial charge >= 0.3 is 0 Å². The van der Waals surface area contributed by atoms with Crippen LogP contribution in [0.5, 0.6) is 0 Å². The minimum Gasteiger partial charge on any atom is -0.394 e. The monoisotopic (exact) mass is 229 g/mol. The number of nitrogens with one attached hydrogen (secondary N) is 1. The third kappa shape index (κ3) is 2.97. The summed E-state index contributed by atoms with van der Waals surface area (Å²) in [5.74, 6) is -0.192. The first kappa shape index (κ1) is 12.1. The number of hydrogen-bond donors (Lipinski definition) is 2. The third-order valence-electron chi connectivity index (χ3n) is 2.15. The fourth-order valence-electron chi connectivity index (χ4n) is 1.14. The quantitative estimate of drug-likeness (QED) is 0.775. The molecular formula is C9H15N3O2S. The van der Waals surface area contributed by atoms with Crippen molar-refractivity contribution in [3.05, 3.63) is 10.6 Å². The van der Waals surface area contributed by atoms with Crippen molar-refractivity contribution in [2.24, 2.45) is 0 Å². The Morgan fingerprint density at radius 1 is 1.60 bits per heavy atom. The zero-order chi connectivity index (χ0) is 11.3. The number of nitrogens with zero attached hydrogens (tertiary/aromatic N) is 2. The smallest absolute Gasteiger partial charge is 0.265 e. The Balaban J connectivity index is 2.68. The number of aryl methyl sites for hydroxylation is 1. The lowest BCUT2D eigenvalue weighted by Crippen LogP contribution is -2.36. The Morgan fingerprint density at radius 3 is 2.87 bits per heavy atom. The second kappa shape index (κ2) is 5.77. The van der Waals surface area contributed by atoms with E-state index < -0.39 is 0 Å². The van der Waals surface area contributed by atoms with E-state index in [1.165, 1.54) is 0 Å². The molecule has 15 heavy (non-hydrogen) atoms. The summed E-state index contributed by atoms with van der Waals surface area (Å²) in [5.41, 5.74) is 0.713. The van der Waals surface area contributed by atoms with Crippen molar-refractivity contribution in [3.8, 4) is 0 Å². The molecule has 84 valence electrons. The molecule has 0 saturated heterocycles. The van der Waals surface area contributed by atoms with Crippen LogP contribution in [0.2, 0.25) is 0 Å². The van der Waals surface area contributed by atoms with Crippen molar-refractivity contribution < 1.29 is 9.90 Å². The van der Waals surface area contributed by atoms with Gasteiger partial charge in [-0.1, -0.05) is 18.3 Å². The summed E-state index contributed by atoms with van der Waals surface area (Å²) in [7, 11) is 0. The van der Waals surface area contributed by atoms with Gasteiger partial charge in [0.1, 0.15) is 4.88 Å². The molecule has 0 aliphatic heterocycles. The van der Waals surface area contributed by atoms with Gasteiger partial charge in [0.25, 0.3) is 5.91 Å². The fraction of sp³-hybridized carbons (Fsp3) is 0.667. The highest BCUT2D eigenvalue weighted by atomic mass is 32.1. The van der Waals surface area contributed by atoms with E-state index in [2.05, 4.69) is 14.9 Å². The lowest BCUT2D eigenvalue weighted by atomic mass is 10.2. The van der Waals surface area contributed by atoms with Gasteiger partial charge in [-0.05, 0) is 24.4 Å². The molecule has 0 aliphatic carbocycles. The SMILES string of the molecule is CCc1nnsc1C(=O)N[C@@H](CC)CO. The highest BCUT2D eigenvalue weighted by Gasteiger charge is 2.17. The summed E-state index contributed by atoms with van der Waals surface area (Å²) in [5, 5.41) is 15.6. The molecule has 2 N–H and O–H groups in total. The van der Waals surface area contributed by atoms with Gasteiger partial charge in [-0.25, -0.2) is 0 Å². The molecule has 0 aromatic carbocycles. The largest absolute Gasteiger partial charge is 0.394 e. The van der Waals surface area contributed by atoms with Crippen LogP contribution in [0.3, 0.4) is 0 Å². The minimum absolute atomic E-state index is 0.0457. The molecule has 0 spiro atoms. The van der Waals surface area contributed by atoms with E-state index in [0.717, 1.165) is 11.5 Å². The van der Waals surface area contributed by atoms with E-state index in [-0.39, 0.29) is 18.6 Å². The summed E-state index contributed by atoms with van der Waals surface area (Å²) in [6.45, 7) is 3.79. The molecule has 6 heteroatoms. The van der Waals surface area contributed by atoms with Gasteiger partial charge in [0, 0.05) is 0 Å². The van der Waals surface area contributed by atoms with E-state index in [1.807, 2.05) is 13.8 Å². The van der Waals surface area contributed by atoms with Crippen LogP contribution in [0.25, 0.3) is 0 Å². The minimum atomic E-state index is -0.192. The van der Waals surface area contributed by atoms with Gasteiger partial charge in [0.2, 0.25) is 0 Å². The second-order valence-electron chi connectivity index (χ2n) is 3.16. The van der Waals surface area contributed by atoms with Gasteiger partial charge in [0.05, 0.1) is 18.3 Å². The maximum Gasteiger partial charge on any atom is 0.265 e. The van der Waals surface area contributed by atoms with E-state index in [4.69, 9.17) is 5.11 Å². The summed E-state index contributed by atoms with van der Waals surface area (Å²) >= 11 is 1.09. The van der Waals surface area contributed by atoms with Gasteiger partial charge < -0.3 is 10.4 Å². The maximum atomic E-state index is 11.7. The number of hydrogen-bond acceptors (Lipinski definition) is 5. The van der Waals surface area contributed by atoms with Crippen LogP contribution in [0.15, 0.2) is 0 Å². The molecular weight excluding hydrogens is 214 g/mol. The van der Waals surface area contributed by atoms with Crippen LogP contribution in [0.4, 0.5) is 0 Å². The topological polar surface area (TPSA) is 75.1 Å². The molecule has 1 heterocycles. The molecule has 1 atom stereocenters. The normalized spacial score (nSPS) is 12.5. The molecule has 1 rings (SSSR count). The number of carbonyl (C=O) groups is 1. The van der Waals surface area contributed by atoms with Crippen LogP contribution in [0.1, 0.15) is 35.6 Å². The van der Waals surface area contributed by atoms with Gasteiger partial charge in [-0.3, -0.25) is 4.79 Å². The second-order valence-corrected chi connectivity index (χ2v) is 3.92. The molecule has 1 amide bonds. The van der Waals surface area contributed by atoms with Crippen LogP contribution in [-0.2, 0) is 6.42 Å². The van der Waals surface area contributed by atoms with Crippen molar-refractivity contribution in [2.45, 2.75) is 32.7 Å². The van der Waals surface area contributed by atoms with Gasteiger partial charge in [-0.2, -0.15) is 0 Å². The average Bonchev–Trinajstić information content (AvgIpc) is 2.73. The Bertz CT molecular complexity index is 323. The van der Waals surface area contributed by atoms with Crippen LogP contribution < -0.4 is 5.32 Å². The Hall–Kier alpha value is -1.01. The maximum absolute atomic E-state index is 11.7. The molecule has 0 saturated carbocycles. The molecule has 0 unspecified atom stereocenters. The summed E-state index contributed by atoms with van der Waals surface area (Å²) in [6, 6.07) is -0.190. The van der Waals surface area contributed by atoms with E-state index in [0.29, 0.717) is 23.4 Å². The lowest BCUT2D eigenvalue weighted by Gasteiger charge is -2.12. The third-order valence-corrected chi connectivity index (χ3v) is 2.91. The van der Waals surface area contributed by atoms with E-state index in [9.17, 15) is 4.79 Å². The molecule has 0 aliphatic rings. The van der Waals surface area contributed by atoms with Crippen molar-refractivity contribution >= 4 is 17.4 Å². The van der Waals surface area contributed by atoms with Crippen LogP contribution >= 0.6 is 11.5 Å². The molecule has 0 bridgehead atoms. The number of aliphatic hydroxyl groups excluding tert-OH is 1. The van der Waals surface area contributed by atoms with Crippen molar-refractivity contribution in [1.82, 2.24) is 14.9 Å². The average molecular weight is 229 g/mol. The Morgan fingerprint density at radius 2 is 2.33 bits per heavy atom. The number of aromatic nitrogens is 2. The summed E-state index contributed by atoms with van der Waals surface area (Å²) in [4.78, 5) is 12.3. The summed E-state index contributed by atoms with van der Waals surface area (Å²) in [6.07, 6.45) is 1.39. The van der Waals surface area contributed by atoms with Crippen LogP contribution in [-0.4, -0.2) is 33.2 Å². The standard InChI is InChI=1S/C9H15N3O2S/c1-3-6(5-13)10-9(14)8-7(4-2)11-12-15-8/h6,13H,3-5H2,1-2H3,(H,10,14)/t6-/m0/s1. The first-order valence-corrected chi connectivity index (χ1v) is 5.73. The zero-order valence-corrected chi connectivity index (χ0v) is 9.67. The summed E-state index contributed by atoms with van der Waals surface area (Å²) < 4.78 is 3.74.